The standard InChI is InChI=1S/C19H27N3O/c1-5-6-14(4)8-16(7-13(2)3)22-19-10-15-9-17(11-20)23-18(15)12-21-19/h9-10,12-14,16H,5-8H2,1-4H3,(H,21,22). The number of rotatable bonds is 8. The normalized spacial score (nSPS) is 13.9. The van der Waals surface area contributed by atoms with Gasteiger partial charge in [0.2, 0.25) is 5.76 Å². The average Bonchev–Trinajstić information content (AvgIpc) is 2.89. The summed E-state index contributed by atoms with van der Waals surface area (Å²) in [5, 5.41) is 13.4. The highest BCUT2D eigenvalue weighted by atomic mass is 16.3. The van der Waals surface area contributed by atoms with Crippen LogP contribution in [0, 0.1) is 23.2 Å². The molecule has 0 bridgehead atoms. The minimum atomic E-state index is 0.328. The van der Waals surface area contributed by atoms with E-state index in [0.29, 0.717) is 29.2 Å². The summed E-state index contributed by atoms with van der Waals surface area (Å²) in [4.78, 5) is 4.44. The van der Waals surface area contributed by atoms with E-state index in [9.17, 15) is 0 Å². The van der Waals surface area contributed by atoms with E-state index in [1.54, 1.807) is 12.3 Å². The number of aromatic nitrogens is 1. The van der Waals surface area contributed by atoms with Crippen LogP contribution in [0.5, 0.6) is 0 Å². The predicted octanol–water partition coefficient (Wildman–Crippen LogP) is 5.35. The third-order valence-corrected chi connectivity index (χ3v) is 4.09. The van der Waals surface area contributed by atoms with Crippen LogP contribution in [0.3, 0.4) is 0 Å². The Labute approximate surface area is 138 Å². The number of hydrogen-bond donors (Lipinski definition) is 1. The van der Waals surface area contributed by atoms with E-state index < -0.39 is 0 Å². The molecule has 4 heteroatoms. The van der Waals surface area contributed by atoms with Gasteiger partial charge in [0.15, 0.2) is 5.58 Å². The van der Waals surface area contributed by atoms with Crippen molar-refractivity contribution in [3.05, 3.63) is 24.1 Å². The molecule has 0 fully saturated rings. The van der Waals surface area contributed by atoms with Crippen molar-refractivity contribution < 1.29 is 4.42 Å². The molecule has 0 spiro atoms. The predicted molar refractivity (Wildman–Crippen MR) is 94.3 cm³/mol. The molecule has 0 aliphatic carbocycles. The molecular formula is C19H27N3O. The van der Waals surface area contributed by atoms with Crippen molar-refractivity contribution in [1.29, 1.82) is 5.26 Å². The second-order valence-corrected chi connectivity index (χ2v) is 6.93. The van der Waals surface area contributed by atoms with Gasteiger partial charge in [-0.25, -0.2) is 4.98 Å². The van der Waals surface area contributed by atoms with Crippen LogP contribution in [0.1, 0.15) is 59.1 Å². The van der Waals surface area contributed by atoms with Crippen LogP contribution in [0.4, 0.5) is 5.82 Å². The molecule has 0 aromatic carbocycles. The summed E-state index contributed by atoms with van der Waals surface area (Å²) < 4.78 is 5.39. The SMILES string of the molecule is CCCC(C)CC(CC(C)C)Nc1cc2cc(C#N)oc2cn1. The van der Waals surface area contributed by atoms with E-state index in [0.717, 1.165) is 24.0 Å². The second-order valence-electron chi connectivity index (χ2n) is 6.93. The van der Waals surface area contributed by atoms with E-state index >= 15 is 0 Å². The largest absolute Gasteiger partial charge is 0.444 e. The fourth-order valence-electron chi connectivity index (χ4n) is 3.17. The molecule has 2 heterocycles. The minimum Gasteiger partial charge on any atom is -0.444 e. The molecule has 23 heavy (non-hydrogen) atoms. The zero-order chi connectivity index (χ0) is 16.8. The monoisotopic (exact) mass is 313 g/mol. The molecule has 4 nitrogen and oxygen atoms in total. The number of nitriles is 1. The van der Waals surface area contributed by atoms with E-state index in [-0.39, 0.29) is 0 Å². The van der Waals surface area contributed by atoms with Crippen molar-refractivity contribution in [3.8, 4) is 6.07 Å². The molecule has 2 aromatic heterocycles. The summed E-state index contributed by atoms with van der Waals surface area (Å²) >= 11 is 0. The Morgan fingerprint density at radius 3 is 2.70 bits per heavy atom. The van der Waals surface area contributed by atoms with Gasteiger partial charge in [0, 0.05) is 17.5 Å². The van der Waals surface area contributed by atoms with Crippen molar-refractivity contribution in [2.75, 3.05) is 5.32 Å². The summed E-state index contributed by atoms with van der Waals surface area (Å²) in [7, 11) is 0. The van der Waals surface area contributed by atoms with Crippen LogP contribution in [0.15, 0.2) is 22.7 Å². The van der Waals surface area contributed by atoms with Gasteiger partial charge in [0.1, 0.15) is 11.9 Å². The fourth-order valence-corrected chi connectivity index (χ4v) is 3.17. The summed E-state index contributed by atoms with van der Waals surface area (Å²) in [6, 6.07) is 6.18. The molecule has 0 aliphatic heterocycles. The highest BCUT2D eigenvalue weighted by Crippen LogP contribution is 2.24. The lowest BCUT2D eigenvalue weighted by Crippen LogP contribution is -2.24. The Morgan fingerprint density at radius 2 is 2.04 bits per heavy atom. The minimum absolute atomic E-state index is 0.328. The molecule has 2 unspecified atom stereocenters. The maximum atomic E-state index is 8.92. The lowest BCUT2D eigenvalue weighted by Gasteiger charge is -2.24. The van der Waals surface area contributed by atoms with Crippen LogP contribution in [0.2, 0.25) is 0 Å². The van der Waals surface area contributed by atoms with Gasteiger partial charge in [-0.3, -0.25) is 0 Å². The third-order valence-electron chi connectivity index (χ3n) is 4.09. The third kappa shape index (κ3) is 4.99. The number of nitrogens with zero attached hydrogens (tertiary/aromatic N) is 2. The number of pyridine rings is 1. The lowest BCUT2D eigenvalue weighted by molar-refractivity contribution is 0.404. The van der Waals surface area contributed by atoms with Crippen molar-refractivity contribution in [3.63, 3.8) is 0 Å². The van der Waals surface area contributed by atoms with E-state index in [1.165, 1.54) is 12.8 Å². The van der Waals surface area contributed by atoms with Crippen molar-refractivity contribution in [2.24, 2.45) is 11.8 Å². The Bertz CT molecular complexity index is 669. The zero-order valence-corrected chi connectivity index (χ0v) is 14.6. The second kappa shape index (κ2) is 8.01. The van der Waals surface area contributed by atoms with Gasteiger partial charge < -0.3 is 9.73 Å². The van der Waals surface area contributed by atoms with E-state index in [4.69, 9.17) is 9.68 Å². The lowest BCUT2D eigenvalue weighted by atomic mass is 9.92. The van der Waals surface area contributed by atoms with Gasteiger partial charge >= 0.3 is 0 Å². The molecule has 0 saturated carbocycles. The average molecular weight is 313 g/mol. The number of hydrogen-bond acceptors (Lipinski definition) is 4. The Balaban J connectivity index is 2.12. The highest BCUT2D eigenvalue weighted by Gasteiger charge is 2.16. The first-order chi connectivity index (χ1) is 11.0. The van der Waals surface area contributed by atoms with E-state index in [2.05, 4.69) is 38.0 Å². The summed E-state index contributed by atoms with van der Waals surface area (Å²) in [6.45, 7) is 9.07. The van der Waals surface area contributed by atoms with Crippen LogP contribution >= 0.6 is 0 Å². The number of furan rings is 1. The van der Waals surface area contributed by atoms with Gasteiger partial charge in [-0.15, -0.1) is 0 Å². The quantitative estimate of drug-likeness (QED) is 0.713. The van der Waals surface area contributed by atoms with Crippen LogP contribution in [0.25, 0.3) is 11.0 Å². The first-order valence-corrected chi connectivity index (χ1v) is 8.58. The molecule has 124 valence electrons. The van der Waals surface area contributed by atoms with E-state index in [1.807, 2.05) is 12.1 Å². The molecule has 0 saturated heterocycles. The Kier molecular flexibility index (Phi) is 6.04. The van der Waals surface area contributed by atoms with Gasteiger partial charge in [-0.05, 0) is 30.7 Å². The highest BCUT2D eigenvalue weighted by molar-refractivity contribution is 5.80. The maximum absolute atomic E-state index is 8.92. The molecule has 0 amide bonds. The summed E-state index contributed by atoms with van der Waals surface area (Å²) in [5.41, 5.74) is 0.659. The summed E-state index contributed by atoms with van der Waals surface area (Å²) in [6.07, 6.45) is 6.46. The Hall–Kier alpha value is -2.02. The molecule has 0 radical (unpaired) electrons. The molecular weight excluding hydrogens is 286 g/mol. The molecule has 2 aromatic rings. The Morgan fingerprint density at radius 1 is 1.26 bits per heavy atom. The van der Waals surface area contributed by atoms with Crippen LogP contribution in [-0.4, -0.2) is 11.0 Å². The van der Waals surface area contributed by atoms with Gasteiger partial charge in [-0.2, -0.15) is 5.26 Å². The number of fused-ring (bicyclic) bond motifs is 1. The first kappa shape index (κ1) is 17.3. The van der Waals surface area contributed by atoms with Gasteiger partial charge in [-0.1, -0.05) is 40.5 Å². The van der Waals surface area contributed by atoms with Gasteiger partial charge in [0.25, 0.3) is 0 Å². The summed E-state index contributed by atoms with van der Waals surface area (Å²) in [5.74, 6) is 2.54. The first-order valence-electron chi connectivity index (χ1n) is 8.58. The van der Waals surface area contributed by atoms with Crippen LogP contribution in [-0.2, 0) is 0 Å². The molecule has 2 rings (SSSR count). The topological polar surface area (TPSA) is 61.9 Å². The molecule has 1 N–H and O–H groups in total. The van der Waals surface area contributed by atoms with Gasteiger partial charge in [0.05, 0.1) is 6.20 Å². The maximum Gasteiger partial charge on any atom is 0.204 e. The van der Waals surface area contributed by atoms with Crippen molar-refractivity contribution in [1.82, 2.24) is 4.98 Å². The fraction of sp³-hybridized carbons (Fsp3) is 0.579. The van der Waals surface area contributed by atoms with Crippen molar-refractivity contribution >= 4 is 16.8 Å². The smallest absolute Gasteiger partial charge is 0.204 e. The molecule has 2 atom stereocenters. The van der Waals surface area contributed by atoms with Crippen molar-refractivity contribution in [2.45, 2.75) is 59.4 Å². The molecule has 0 aliphatic rings. The number of nitrogens with one attached hydrogen (secondary N) is 1. The van der Waals surface area contributed by atoms with Crippen LogP contribution < -0.4 is 5.32 Å². The number of anilines is 1. The zero-order valence-electron chi connectivity index (χ0n) is 14.6.